The molecule has 1 fully saturated rings. The van der Waals surface area contributed by atoms with Crippen LogP contribution >= 0.6 is 0 Å². The largest absolute Gasteiger partial charge is 0.279 e. The highest BCUT2D eigenvalue weighted by molar-refractivity contribution is 7.87. The quantitative estimate of drug-likeness (QED) is 0.807. The van der Waals surface area contributed by atoms with Gasteiger partial charge in [0.05, 0.1) is 0 Å². The van der Waals surface area contributed by atoms with Crippen molar-refractivity contribution in [3.63, 3.8) is 0 Å². The Bertz CT molecular complexity index is 423. The summed E-state index contributed by atoms with van der Waals surface area (Å²) in [5, 5.41) is 0. The van der Waals surface area contributed by atoms with E-state index in [1.165, 1.54) is 18.4 Å². The average molecular weight is 286 g/mol. The number of hydrogen-bond acceptors (Lipinski definition) is 2. The van der Waals surface area contributed by atoms with Crippen LogP contribution in [0.4, 0.5) is 0 Å². The van der Waals surface area contributed by atoms with E-state index >= 15 is 0 Å². The van der Waals surface area contributed by atoms with Crippen molar-refractivity contribution in [2.75, 3.05) is 13.1 Å². The van der Waals surface area contributed by atoms with Gasteiger partial charge in [-0.25, -0.2) is 0 Å². The highest BCUT2D eigenvalue weighted by Crippen LogP contribution is 2.22. The zero-order valence-electron chi connectivity index (χ0n) is 12.1. The van der Waals surface area contributed by atoms with Gasteiger partial charge >= 0.3 is 0 Å². The number of allylic oxidation sites excluding steroid dienone is 1. The second-order valence-electron chi connectivity index (χ2n) is 5.95. The Balaban J connectivity index is 1.94. The summed E-state index contributed by atoms with van der Waals surface area (Å²) in [6.45, 7) is 5.46. The molecule has 0 unspecified atom stereocenters. The fourth-order valence-electron chi connectivity index (χ4n) is 2.86. The minimum absolute atomic E-state index is 0.0651. The van der Waals surface area contributed by atoms with Crippen LogP contribution < -0.4 is 4.72 Å². The molecule has 0 bridgehead atoms. The molecule has 0 amide bonds. The van der Waals surface area contributed by atoms with E-state index in [0.29, 0.717) is 19.0 Å². The van der Waals surface area contributed by atoms with E-state index < -0.39 is 10.2 Å². The van der Waals surface area contributed by atoms with Gasteiger partial charge in [0.1, 0.15) is 0 Å². The van der Waals surface area contributed by atoms with Crippen molar-refractivity contribution in [1.82, 2.24) is 9.03 Å². The lowest BCUT2D eigenvalue weighted by Crippen LogP contribution is -2.47. The standard InChI is InChI=1S/C14H26N2O2S/c1-12-8-10-16(11-9-12)19(17,18)15-13(2)14-6-4-3-5-7-14/h6,12-13,15H,3-5,7-11H2,1-2H3/t13-/m1/s1. The number of nitrogens with zero attached hydrogens (tertiary/aromatic N) is 1. The van der Waals surface area contributed by atoms with E-state index in [9.17, 15) is 8.42 Å². The van der Waals surface area contributed by atoms with Gasteiger partial charge in [0, 0.05) is 19.1 Å². The third-order valence-electron chi connectivity index (χ3n) is 4.29. The highest BCUT2D eigenvalue weighted by atomic mass is 32.2. The third kappa shape index (κ3) is 4.04. The summed E-state index contributed by atoms with van der Waals surface area (Å²) in [6, 6.07) is -0.0651. The molecule has 0 aromatic rings. The topological polar surface area (TPSA) is 49.4 Å². The first-order valence-corrected chi connectivity index (χ1v) is 8.89. The Morgan fingerprint density at radius 1 is 1.32 bits per heavy atom. The Labute approximate surface area is 117 Å². The minimum atomic E-state index is -3.31. The van der Waals surface area contributed by atoms with E-state index in [2.05, 4.69) is 17.7 Å². The van der Waals surface area contributed by atoms with Crippen LogP contribution in [0.25, 0.3) is 0 Å². The van der Waals surface area contributed by atoms with E-state index in [-0.39, 0.29) is 6.04 Å². The second kappa shape index (κ2) is 6.37. The summed E-state index contributed by atoms with van der Waals surface area (Å²) in [4.78, 5) is 0. The molecule has 1 atom stereocenters. The Morgan fingerprint density at radius 3 is 2.58 bits per heavy atom. The van der Waals surface area contributed by atoms with Gasteiger partial charge in [0.2, 0.25) is 0 Å². The van der Waals surface area contributed by atoms with E-state index in [4.69, 9.17) is 0 Å². The van der Waals surface area contributed by atoms with Crippen LogP contribution in [0.5, 0.6) is 0 Å². The van der Waals surface area contributed by atoms with Crippen molar-refractivity contribution >= 4 is 10.2 Å². The Morgan fingerprint density at radius 2 is 2.00 bits per heavy atom. The van der Waals surface area contributed by atoms with Crippen molar-refractivity contribution in [1.29, 1.82) is 0 Å². The van der Waals surface area contributed by atoms with Gasteiger partial charge in [-0.1, -0.05) is 18.6 Å². The Hall–Kier alpha value is -0.390. The van der Waals surface area contributed by atoms with E-state index in [0.717, 1.165) is 25.7 Å². The highest BCUT2D eigenvalue weighted by Gasteiger charge is 2.28. The normalized spacial score (nSPS) is 25.1. The first kappa shape index (κ1) is 15.0. The van der Waals surface area contributed by atoms with Crippen LogP contribution in [0.2, 0.25) is 0 Å². The molecule has 0 aromatic heterocycles. The Kier molecular flexibility index (Phi) is 5.03. The fourth-order valence-corrected chi connectivity index (χ4v) is 4.29. The fraction of sp³-hybridized carbons (Fsp3) is 0.857. The molecule has 0 saturated carbocycles. The molecule has 0 spiro atoms. The maximum atomic E-state index is 12.3. The van der Waals surface area contributed by atoms with Crippen LogP contribution in [-0.2, 0) is 10.2 Å². The minimum Gasteiger partial charge on any atom is -0.195 e. The molecule has 4 nitrogen and oxygen atoms in total. The van der Waals surface area contributed by atoms with E-state index in [1.54, 1.807) is 4.31 Å². The molecular formula is C14H26N2O2S. The lowest BCUT2D eigenvalue weighted by Gasteiger charge is -2.31. The summed E-state index contributed by atoms with van der Waals surface area (Å²) in [7, 11) is -3.31. The van der Waals surface area contributed by atoms with Gasteiger partial charge in [-0.15, -0.1) is 0 Å². The van der Waals surface area contributed by atoms with Crippen LogP contribution in [0.15, 0.2) is 11.6 Å². The van der Waals surface area contributed by atoms with Gasteiger partial charge in [0.25, 0.3) is 10.2 Å². The second-order valence-corrected chi connectivity index (χ2v) is 7.65. The average Bonchev–Trinajstić information content (AvgIpc) is 2.40. The van der Waals surface area contributed by atoms with Crippen LogP contribution in [0, 0.1) is 5.92 Å². The maximum absolute atomic E-state index is 12.3. The molecule has 2 rings (SSSR count). The summed E-state index contributed by atoms with van der Waals surface area (Å²) >= 11 is 0. The maximum Gasteiger partial charge on any atom is 0.279 e. The molecule has 0 radical (unpaired) electrons. The van der Waals surface area contributed by atoms with Crippen molar-refractivity contribution in [2.24, 2.45) is 5.92 Å². The summed E-state index contributed by atoms with van der Waals surface area (Å²) in [5.41, 5.74) is 1.25. The number of nitrogens with one attached hydrogen (secondary N) is 1. The summed E-state index contributed by atoms with van der Waals surface area (Å²) in [5.74, 6) is 0.643. The van der Waals surface area contributed by atoms with Crippen molar-refractivity contribution in [3.05, 3.63) is 11.6 Å². The van der Waals surface area contributed by atoms with Gasteiger partial charge < -0.3 is 0 Å². The molecular weight excluding hydrogens is 260 g/mol. The smallest absolute Gasteiger partial charge is 0.195 e. The van der Waals surface area contributed by atoms with Crippen LogP contribution in [0.1, 0.15) is 52.4 Å². The van der Waals surface area contributed by atoms with Gasteiger partial charge in [-0.2, -0.15) is 17.4 Å². The van der Waals surface area contributed by atoms with Crippen molar-refractivity contribution in [3.8, 4) is 0 Å². The number of rotatable bonds is 4. The lowest BCUT2D eigenvalue weighted by atomic mass is 9.95. The third-order valence-corrected chi connectivity index (χ3v) is 5.99. The predicted octanol–water partition coefficient (Wildman–Crippen LogP) is 2.44. The van der Waals surface area contributed by atoms with Gasteiger partial charge in [0.15, 0.2) is 0 Å². The van der Waals surface area contributed by atoms with Crippen LogP contribution in [-0.4, -0.2) is 31.9 Å². The zero-order chi connectivity index (χ0) is 13.9. The first-order chi connectivity index (χ1) is 8.99. The van der Waals surface area contributed by atoms with Crippen molar-refractivity contribution < 1.29 is 8.42 Å². The molecule has 0 aromatic carbocycles. The molecule has 1 aliphatic heterocycles. The first-order valence-electron chi connectivity index (χ1n) is 7.45. The van der Waals surface area contributed by atoms with Gasteiger partial charge in [-0.3, -0.25) is 0 Å². The SMILES string of the molecule is CC1CCN(S(=O)(=O)N[C@H](C)C2=CCCCC2)CC1. The summed E-state index contributed by atoms with van der Waals surface area (Å²) < 4.78 is 29.1. The summed E-state index contributed by atoms with van der Waals surface area (Å²) in [6.07, 6.45) is 8.67. The van der Waals surface area contributed by atoms with E-state index in [1.807, 2.05) is 6.92 Å². The predicted molar refractivity (Wildman–Crippen MR) is 78.0 cm³/mol. The van der Waals surface area contributed by atoms with Gasteiger partial charge in [-0.05, 0) is 51.4 Å². The zero-order valence-corrected chi connectivity index (χ0v) is 12.9. The molecule has 1 N–H and O–H groups in total. The molecule has 110 valence electrons. The lowest BCUT2D eigenvalue weighted by molar-refractivity contribution is 0.284. The van der Waals surface area contributed by atoms with Crippen molar-refractivity contribution in [2.45, 2.75) is 58.4 Å². The molecule has 19 heavy (non-hydrogen) atoms. The molecule has 1 aliphatic carbocycles. The number of piperidine rings is 1. The molecule has 5 heteroatoms. The number of hydrogen-bond donors (Lipinski definition) is 1. The molecule has 1 saturated heterocycles. The molecule has 2 aliphatic rings. The molecule has 1 heterocycles. The monoisotopic (exact) mass is 286 g/mol. The van der Waals surface area contributed by atoms with Crippen LogP contribution in [0.3, 0.4) is 0 Å².